The molecule has 3 heterocycles. The molecule has 0 atom stereocenters. The van der Waals surface area contributed by atoms with E-state index in [1.807, 2.05) is 50.4 Å². The number of aryl methyl sites for hydroxylation is 1. The van der Waals surface area contributed by atoms with E-state index in [4.69, 9.17) is 9.47 Å². The maximum atomic E-state index is 13.2. The lowest BCUT2D eigenvalue weighted by atomic mass is 10.1. The van der Waals surface area contributed by atoms with Gasteiger partial charge in [-0.3, -0.25) is 9.78 Å². The molecule has 0 spiro atoms. The lowest BCUT2D eigenvalue weighted by Gasteiger charge is -2.16. The van der Waals surface area contributed by atoms with Crippen molar-refractivity contribution in [2.75, 3.05) is 39.7 Å². The van der Waals surface area contributed by atoms with E-state index >= 15 is 0 Å². The van der Waals surface area contributed by atoms with Gasteiger partial charge in [-0.1, -0.05) is 12.1 Å². The first kappa shape index (κ1) is 24.4. The SMILES string of the molecule is COc1ccc(CCNc2ncnc3sc(C(=O)N(C)CCc4ccccn4)c(C)c23)cc1OC. The number of hydrogen-bond donors (Lipinski definition) is 1. The van der Waals surface area contributed by atoms with Crippen LogP contribution in [0.5, 0.6) is 11.5 Å². The molecule has 9 heteroatoms. The number of benzene rings is 1. The van der Waals surface area contributed by atoms with Crippen LogP contribution in [0.3, 0.4) is 0 Å². The summed E-state index contributed by atoms with van der Waals surface area (Å²) in [6.07, 6.45) is 4.79. The second-order valence-corrected chi connectivity index (χ2v) is 9.12. The highest BCUT2D eigenvalue weighted by atomic mass is 32.1. The maximum absolute atomic E-state index is 13.2. The van der Waals surface area contributed by atoms with Crippen molar-refractivity contribution in [1.82, 2.24) is 19.9 Å². The van der Waals surface area contributed by atoms with Crippen molar-refractivity contribution in [3.63, 3.8) is 0 Å². The zero-order chi connectivity index (χ0) is 24.8. The number of thiophene rings is 1. The van der Waals surface area contributed by atoms with Crippen LogP contribution in [0.1, 0.15) is 26.5 Å². The van der Waals surface area contributed by atoms with Crippen LogP contribution in [-0.2, 0) is 12.8 Å². The highest BCUT2D eigenvalue weighted by molar-refractivity contribution is 7.20. The first-order chi connectivity index (χ1) is 17.0. The Hall–Kier alpha value is -3.72. The van der Waals surface area contributed by atoms with Gasteiger partial charge in [0.05, 0.1) is 24.5 Å². The van der Waals surface area contributed by atoms with Gasteiger partial charge in [0.15, 0.2) is 11.5 Å². The van der Waals surface area contributed by atoms with Gasteiger partial charge in [-0.05, 0) is 48.7 Å². The summed E-state index contributed by atoms with van der Waals surface area (Å²) < 4.78 is 10.7. The van der Waals surface area contributed by atoms with Crippen LogP contribution in [0.25, 0.3) is 10.2 Å². The number of rotatable bonds is 10. The topological polar surface area (TPSA) is 89.5 Å². The molecule has 4 rings (SSSR count). The molecule has 4 aromatic rings. The van der Waals surface area contributed by atoms with Gasteiger partial charge in [0.1, 0.15) is 17.0 Å². The molecule has 1 N–H and O–H groups in total. The van der Waals surface area contributed by atoms with Crippen molar-refractivity contribution in [2.24, 2.45) is 0 Å². The van der Waals surface area contributed by atoms with E-state index in [2.05, 4.69) is 20.3 Å². The summed E-state index contributed by atoms with van der Waals surface area (Å²) >= 11 is 1.41. The number of carbonyl (C=O) groups excluding carboxylic acids is 1. The minimum atomic E-state index is -0.0160. The minimum absolute atomic E-state index is 0.0160. The molecule has 0 saturated carbocycles. The molecule has 1 aromatic carbocycles. The summed E-state index contributed by atoms with van der Waals surface area (Å²) in [7, 11) is 5.08. The molecule has 8 nitrogen and oxygen atoms in total. The number of anilines is 1. The molecule has 0 unspecified atom stereocenters. The number of aromatic nitrogens is 3. The number of ether oxygens (including phenoxy) is 2. The molecule has 0 saturated heterocycles. The number of amides is 1. The van der Waals surface area contributed by atoms with Crippen LogP contribution in [0.4, 0.5) is 5.82 Å². The average Bonchev–Trinajstić information content (AvgIpc) is 3.24. The minimum Gasteiger partial charge on any atom is -0.493 e. The molecule has 35 heavy (non-hydrogen) atoms. The molecule has 182 valence electrons. The Morgan fingerprint density at radius 1 is 1.06 bits per heavy atom. The van der Waals surface area contributed by atoms with Crippen molar-refractivity contribution in [3.8, 4) is 11.5 Å². The first-order valence-electron chi connectivity index (χ1n) is 11.4. The number of nitrogens with one attached hydrogen (secondary N) is 1. The van der Waals surface area contributed by atoms with Gasteiger partial charge >= 0.3 is 0 Å². The molecule has 0 aliphatic heterocycles. The summed E-state index contributed by atoms with van der Waals surface area (Å²) in [6, 6.07) is 11.7. The zero-order valence-electron chi connectivity index (χ0n) is 20.4. The number of hydrogen-bond acceptors (Lipinski definition) is 8. The van der Waals surface area contributed by atoms with Gasteiger partial charge in [0.2, 0.25) is 0 Å². The number of likely N-dealkylation sites (N-methyl/N-ethyl adjacent to an activating group) is 1. The van der Waals surface area contributed by atoms with Crippen LogP contribution in [0, 0.1) is 6.92 Å². The predicted octanol–water partition coefficient (Wildman–Crippen LogP) is 4.38. The summed E-state index contributed by atoms with van der Waals surface area (Å²) in [5, 5.41) is 4.32. The number of fused-ring (bicyclic) bond motifs is 1. The lowest BCUT2D eigenvalue weighted by molar-refractivity contribution is 0.0800. The molecule has 0 aliphatic rings. The highest BCUT2D eigenvalue weighted by Crippen LogP contribution is 2.34. The quantitative estimate of drug-likeness (QED) is 0.352. The number of pyridine rings is 1. The van der Waals surface area contributed by atoms with E-state index in [9.17, 15) is 4.79 Å². The van der Waals surface area contributed by atoms with Gasteiger partial charge in [-0.2, -0.15) is 0 Å². The Bertz CT molecular complexity index is 1310. The molecule has 3 aromatic heterocycles. The smallest absolute Gasteiger partial charge is 0.264 e. The summed E-state index contributed by atoms with van der Waals surface area (Å²) in [6.45, 7) is 3.22. The Morgan fingerprint density at radius 2 is 1.89 bits per heavy atom. The monoisotopic (exact) mass is 491 g/mol. The molecule has 0 bridgehead atoms. The second-order valence-electron chi connectivity index (χ2n) is 8.12. The highest BCUT2D eigenvalue weighted by Gasteiger charge is 2.22. The van der Waals surface area contributed by atoms with Crippen LogP contribution >= 0.6 is 11.3 Å². The summed E-state index contributed by atoms with van der Waals surface area (Å²) in [5.74, 6) is 2.13. The molecule has 0 radical (unpaired) electrons. The van der Waals surface area contributed by atoms with Gasteiger partial charge in [0.25, 0.3) is 5.91 Å². The molecular weight excluding hydrogens is 462 g/mol. The van der Waals surface area contributed by atoms with E-state index in [-0.39, 0.29) is 5.91 Å². The fourth-order valence-corrected chi connectivity index (χ4v) is 5.02. The molecular formula is C26H29N5O3S. The molecule has 0 fully saturated rings. The van der Waals surface area contributed by atoms with E-state index in [0.29, 0.717) is 35.9 Å². The normalized spacial score (nSPS) is 10.9. The van der Waals surface area contributed by atoms with Crippen molar-refractivity contribution in [2.45, 2.75) is 19.8 Å². The maximum Gasteiger partial charge on any atom is 0.264 e. The van der Waals surface area contributed by atoms with Crippen molar-refractivity contribution >= 4 is 33.3 Å². The van der Waals surface area contributed by atoms with Crippen LogP contribution in [0.2, 0.25) is 0 Å². The molecule has 1 amide bonds. The van der Waals surface area contributed by atoms with Crippen molar-refractivity contribution in [3.05, 3.63) is 70.6 Å². The van der Waals surface area contributed by atoms with Gasteiger partial charge in [-0.25, -0.2) is 9.97 Å². The fraction of sp³-hybridized carbons (Fsp3) is 0.308. The zero-order valence-corrected chi connectivity index (χ0v) is 21.2. The third-order valence-corrected chi connectivity index (χ3v) is 7.04. The third-order valence-electron chi connectivity index (χ3n) is 5.85. The van der Waals surface area contributed by atoms with E-state index < -0.39 is 0 Å². The third kappa shape index (κ3) is 5.51. The van der Waals surface area contributed by atoms with Crippen LogP contribution in [-0.4, -0.2) is 60.1 Å². The van der Waals surface area contributed by atoms with E-state index in [0.717, 1.165) is 39.3 Å². The predicted molar refractivity (Wildman–Crippen MR) is 139 cm³/mol. The number of methoxy groups -OCH3 is 2. The largest absolute Gasteiger partial charge is 0.493 e. The fourth-order valence-electron chi connectivity index (χ4n) is 3.87. The Labute approximate surface area is 209 Å². The Balaban J connectivity index is 1.46. The number of carbonyl (C=O) groups is 1. The van der Waals surface area contributed by atoms with Crippen LogP contribution < -0.4 is 14.8 Å². The van der Waals surface area contributed by atoms with Gasteiger partial charge in [0, 0.05) is 38.4 Å². The van der Waals surface area contributed by atoms with E-state index in [1.165, 1.54) is 17.7 Å². The Kier molecular flexibility index (Phi) is 7.77. The van der Waals surface area contributed by atoms with Crippen LogP contribution in [0.15, 0.2) is 48.9 Å². The first-order valence-corrected chi connectivity index (χ1v) is 12.2. The second kappa shape index (κ2) is 11.1. The van der Waals surface area contributed by atoms with Gasteiger partial charge in [-0.15, -0.1) is 11.3 Å². The van der Waals surface area contributed by atoms with Crippen molar-refractivity contribution < 1.29 is 14.3 Å². The van der Waals surface area contributed by atoms with Gasteiger partial charge < -0.3 is 19.7 Å². The Morgan fingerprint density at radius 3 is 2.63 bits per heavy atom. The average molecular weight is 492 g/mol. The van der Waals surface area contributed by atoms with E-state index in [1.54, 1.807) is 25.3 Å². The summed E-state index contributed by atoms with van der Waals surface area (Å²) in [4.78, 5) is 29.7. The molecule has 0 aliphatic carbocycles. The number of nitrogens with zero attached hydrogens (tertiary/aromatic N) is 4. The summed E-state index contributed by atoms with van der Waals surface area (Å²) in [5.41, 5.74) is 2.98. The van der Waals surface area contributed by atoms with Crippen molar-refractivity contribution in [1.29, 1.82) is 0 Å². The lowest BCUT2D eigenvalue weighted by Crippen LogP contribution is -2.28. The standard InChI is InChI=1S/C26H29N5O3S/c1-17-22-24(28-13-10-18-8-9-20(33-3)21(15-18)34-4)29-16-30-25(22)35-23(17)26(32)31(2)14-11-19-7-5-6-12-27-19/h5-9,12,15-16H,10-11,13-14H2,1-4H3,(H,28,29,30).